The molecule has 0 amide bonds. The van der Waals surface area contributed by atoms with Crippen LogP contribution in [0.5, 0.6) is 0 Å². The van der Waals surface area contributed by atoms with E-state index >= 15 is 0 Å². The van der Waals surface area contributed by atoms with Gasteiger partial charge in [0.25, 0.3) is 0 Å². The number of para-hydroxylation sites is 1. The van der Waals surface area contributed by atoms with E-state index < -0.39 is 67.0 Å². The first-order chi connectivity index (χ1) is 15.1. The fourth-order valence-corrected chi connectivity index (χ4v) is 1.61. The minimum absolute atomic E-state index is 0.0397. The molecule has 0 aliphatic carbocycles. The summed E-state index contributed by atoms with van der Waals surface area (Å²) in [7, 11) is 0. The van der Waals surface area contributed by atoms with Crippen LogP contribution in [-0.4, -0.2) is 17.9 Å². The second kappa shape index (κ2) is 6.40. The number of rotatable bonds is 4. The molecule has 0 saturated heterocycles. The van der Waals surface area contributed by atoms with Gasteiger partial charge in [0, 0.05) is 39.1 Å². The molecule has 1 heterocycles. The standard InChI is InChI=1S/C18H20N2/c1-3-7-16(8-4-1)15-20-13-11-18(12-14-20)19-17-9-5-2-6-10-17/h1-11,19H,12-15H2/i2D,5D,6D,9D,10D,11D,12D2,13D2,14D2/hD. The molecule has 2 nitrogen and oxygen atoms in total. The molecule has 0 atom stereocenters. The van der Waals surface area contributed by atoms with Crippen LogP contribution in [0.4, 0.5) is 5.69 Å². The summed E-state index contributed by atoms with van der Waals surface area (Å²) in [6.07, 6.45) is -3.17. The molecule has 0 fully saturated rings. The van der Waals surface area contributed by atoms with Crippen molar-refractivity contribution in [2.75, 3.05) is 18.3 Å². The van der Waals surface area contributed by atoms with E-state index in [1.165, 1.54) is 0 Å². The molecule has 0 bridgehead atoms. The Bertz CT molecular complexity index is 1090. The number of benzene rings is 2. The highest BCUT2D eigenvalue weighted by Crippen LogP contribution is 2.16. The molecule has 2 aromatic rings. The zero-order chi connectivity index (χ0) is 25.1. The molecular formula is C18H20N2. The highest BCUT2D eigenvalue weighted by atomic mass is 15.1. The van der Waals surface area contributed by atoms with Crippen molar-refractivity contribution in [3.63, 3.8) is 0 Å². The minimum Gasteiger partial charge on any atom is -0.359 e. The van der Waals surface area contributed by atoms with Crippen molar-refractivity contribution in [1.29, 1.82) is 0 Å². The number of nitrogens with one attached hydrogen (secondary N) is 1. The van der Waals surface area contributed by atoms with Gasteiger partial charge < -0.3 is 5.31 Å². The van der Waals surface area contributed by atoms with Crippen LogP contribution in [0.3, 0.4) is 0 Å². The summed E-state index contributed by atoms with van der Waals surface area (Å²) in [5.41, 5.74) is -1.45. The molecule has 0 spiro atoms. The highest BCUT2D eigenvalue weighted by Gasteiger charge is 2.11. The summed E-state index contributed by atoms with van der Waals surface area (Å²) in [6, 6.07) is 3.01. The van der Waals surface area contributed by atoms with Gasteiger partial charge in [-0.2, -0.15) is 0 Å². The molecule has 102 valence electrons. The summed E-state index contributed by atoms with van der Waals surface area (Å²) in [5, 5.41) is 0.0397. The van der Waals surface area contributed by atoms with Gasteiger partial charge in [0.2, 0.25) is 0 Å². The maximum atomic E-state index is 8.45. The van der Waals surface area contributed by atoms with Crippen molar-refractivity contribution in [2.45, 2.75) is 12.9 Å². The van der Waals surface area contributed by atoms with Crippen molar-refractivity contribution in [3.05, 3.63) is 77.9 Å². The van der Waals surface area contributed by atoms with Crippen LogP contribution < -0.4 is 5.31 Å². The molecule has 0 saturated carbocycles. The number of hydrogen-bond acceptors (Lipinski definition) is 2. The second-order valence-electron chi connectivity index (χ2n) is 3.98. The Morgan fingerprint density at radius 3 is 2.80 bits per heavy atom. The van der Waals surface area contributed by atoms with Crippen LogP contribution in [-0.2, 0) is 6.54 Å². The summed E-state index contributed by atoms with van der Waals surface area (Å²) >= 11 is 0. The van der Waals surface area contributed by atoms with Crippen molar-refractivity contribution < 1.29 is 17.9 Å². The van der Waals surface area contributed by atoms with Crippen molar-refractivity contribution in [3.8, 4) is 0 Å². The minimum atomic E-state index is -3.17. The van der Waals surface area contributed by atoms with Crippen molar-refractivity contribution in [1.82, 2.24) is 4.90 Å². The molecular weight excluding hydrogens is 244 g/mol. The SMILES string of the molecule is [2H]C1=C(N([2H])c2c([2H])c([2H])c([2H])c([2H])c2[2H])C([2H])([2H])C([2H])([2H])N(Cc2ccccc2)C1([2H])[2H]. The Kier molecular flexibility index (Phi) is 1.52. The largest absolute Gasteiger partial charge is 0.359 e. The zero-order valence-electron chi connectivity index (χ0n) is 23.5. The van der Waals surface area contributed by atoms with Gasteiger partial charge in [-0.15, -0.1) is 0 Å². The molecule has 2 aromatic carbocycles. The van der Waals surface area contributed by atoms with Gasteiger partial charge in [0.05, 0.1) is 8.22 Å². The monoisotopic (exact) mass is 277 g/mol. The fourth-order valence-electron chi connectivity index (χ4n) is 1.61. The Balaban J connectivity index is 2.24. The molecule has 0 unspecified atom stereocenters. The Labute approximate surface area is 139 Å². The van der Waals surface area contributed by atoms with Gasteiger partial charge in [-0.05, 0) is 24.0 Å². The molecule has 20 heavy (non-hydrogen) atoms. The van der Waals surface area contributed by atoms with Gasteiger partial charge in [-0.3, -0.25) is 4.90 Å². The van der Waals surface area contributed by atoms with Gasteiger partial charge in [0.1, 0.15) is 0 Å². The summed E-state index contributed by atoms with van der Waals surface area (Å²) in [6.45, 7) is -6.37. The van der Waals surface area contributed by atoms with E-state index in [0.717, 1.165) is 0 Å². The third-order valence-electron chi connectivity index (χ3n) is 2.51. The number of nitrogens with zero attached hydrogens (tertiary/aromatic N) is 1. The molecule has 0 radical (unpaired) electrons. The van der Waals surface area contributed by atoms with Gasteiger partial charge in [0.15, 0.2) is 1.41 Å². The predicted molar refractivity (Wildman–Crippen MR) is 84.5 cm³/mol. The lowest BCUT2D eigenvalue weighted by Crippen LogP contribution is -2.29. The van der Waals surface area contributed by atoms with Gasteiger partial charge >= 0.3 is 0 Å². The zero-order valence-corrected chi connectivity index (χ0v) is 10.5. The summed E-state index contributed by atoms with van der Waals surface area (Å²) < 4.78 is 107. The normalized spacial score (nSPS) is 33.1. The van der Waals surface area contributed by atoms with Crippen LogP contribution in [0.1, 0.15) is 28.4 Å². The van der Waals surface area contributed by atoms with Crippen molar-refractivity contribution >= 4 is 5.69 Å². The van der Waals surface area contributed by atoms with E-state index in [0.29, 0.717) is 10.5 Å². The van der Waals surface area contributed by atoms with E-state index in [2.05, 4.69) is 0 Å². The molecule has 0 aromatic heterocycles. The van der Waals surface area contributed by atoms with E-state index in [1.54, 1.807) is 30.3 Å². The first-order valence-corrected chi connectivity index (χ1v) is 5.97. The summed E-state index contributed by atoms with van der Waals surface area (Å²) in [4.78, 5) is 0.539. The average Bonchev–Trinajstić information content (AvgIpc) is 2.74. The lowest BCUT2D eigenvalue weighted by atomic mass is 10.1. The second-order valence-corrected chi connectivity index (χ2v) is 3.98. The Hall–Kier alpha value is -2.06. The van der Waals surface area contributed by atoms with Crippen molar-refractivity contribution in [2.24, 2.45) is 0 Å². The van der Waals surface area contributed by atoms with E-state index in [-0.39, 0.29) is 11.9 Å². The Morgan fingerprint density at radius 2 is 2.00 bits per heavy atom. The lowest BCUT2D eigenvalue weighted by molar-refractivity contribution is 0.286. The predicted octanol–water partition coefficient (Wildman–Crippen LogP) is 3.89. The van der Waals surface area contributed by atoms with Crippen LogP contribution >= 0.6 is 0 Å². The van der Waals surface area contributed by atoms with E-state index in [4.69, 9.17) is 17.9 Å². The van der Waals surface area contributed by atoms with Crippen LogP contribution in [0.15, 0.2) is 72.3 Å². The molecule has 3 rings (SSSR count). The third-order valence-corrected chi connectivity index (χ3v) is 2.51. The number of hydrogen-bond donors (Lipinski definition) is 1. The summed E-state index contributed by atoms with van der Waals surface area (Å²) in [5.74, 6) is 0. The lowest BCUT2D eigenvalue weighted by Gasteiger charge is -2.26. The highest BCUT2D eigenvalue weighted by molar-refractivity contribution is 5.48. The van der Waals surface area contributed by atoms with Crippen LogP contribution in [0.25, 0.3) is 0 Å². The molecule has 1 N–H and O–H groups in total. The smallest absolute Gasteiger partial charge is 0.166 e. The average molecular weight is 277 g/mol. The molecule has 1 aliphatic rings. The van der Waals surface area contributed by atoms with Crippen LogP contribution in [0.2, 0.25) is 1.41 Å². The van der Waals surface area contributed by atoms with E-state index in [9.17, 15) is 0 Å². The quantitative estimate of drug-likeness (QED) is 0.912. The van der Waals surface area contributed by atoms with Gasteiger partial charge in [-0.1, -0.05) is 54.5 Å². The Morgan fingerprint density at radius 1 is 1.20 bits per heavy atom. The topological polar surface area (TPSA) is 15.3 Å². The molecule has 1 aliphatic heterocycles. The maximum absolute atomic E-state index is 8.45. The van der Waals surface area contributed by atoms with E-state index in [1.807, 2.05) is 0 Å². The first kappa shape index (κ1) is 4.74. The third kappa shape index (κ3) is 3.49. The molecule has 2 heteroatoms. The number of anilines is 1. The van der Waals surface area contributed by atoms with Crippen LogP contribution in [0, 0.1) is 0 Å². The first-order valence-electron chi connectivity index (χ1n) is 12.4. The maximum Gasteiger partial charge on any atom is 0.166 e. The fraction of sp³-hybridized carbons (Fsp3) is 0.222. The van der Waals surface area contributed by atoms with Gasteiger partial charge in [-0.25, -0.2) is 0 Å².